The van der Waals surface area contributed by atoms with Crippen molar-refractivity contribution < 1.29 is 0 Å². The molecule has 1 aliphatic carbocycles. The van der Waals surface area contributed by atoms with Gasteiger partial charge in [-0.3, -0.25) is 0 Å². The second-order valence-electron chi connectivity index (χ2n) is 6.33. The van der Waals surface area contributed by atoms with Gasteiger partial charge in [0.2, 0.25) is 0 Å². The van der Waals surface area contributed by atoms with Crippen molar-refractivity contribution >= 4 is 5.70 Å². The van der Waals surface area contributed by atoms with E-state index in [2.05, 4.69) is 75.4 Å². The van der Waals surface area contributed by atoms with Gasteiger partial charge in [-0.15, -0.1) is 0 Å². The zero-order valence-electron chi connectivity index (χ0n) is 13.5. The fraction of sp³-hybridized carbons (Fsp3) is 0.238. The molecule has 2 N–H and O–H groups in total. The van der Waals surface area contributed by atoms with Gasteiger partial charge in [-0.25, -0.2) is 0 Å². The zero-order valence-corrected chi connectivity index (χ0v) is 13.5. The number of rotatable bonds is 1. The van der Waals surface area contributed by atoms with Crippen LogP contribution in [-0.2, 0) is 0 Å². The van der Waals surface area contributed by atoms with Gasteiger partial charge in [0.05, 0.1) is 0 Å². The van der Waals surface area contributed by atoms with E-state index in [-0.39, 0.29) is 0 Å². The summed E-state index contributed by atoms with van der Waals surface area (Å²) in [6.07, 6.45) is 4.40. The Kier molecular flexibility index (Phi) is 3.89. The van der Waals surface area contributed by atoms with E-state index in [1.807, 2.05) is 6.07 Å². The first-order chi connectivity index (χ1) is 10.6. The van der Waals surface area contributed by atoms with Crippen LogP contribution in [0.3, 0.4) is 0 Å². The Morgan fingerprint density at radius 1 is 0.909 bits per heavy atom. The van der Waals surface area contributed by atoms with Crippen LogP contribution in [0.15, 0.2) is 66.3 Å². The summed E-state index contributed by atoms with van der Waals surface area (Å²) >= 11 is 0. The molecule has 2 unspecified atom stereocenters. The summed E-state index contributed by atoms with van der Waals surface area (Å²) in [7, 11) is 0. The highest BCUT2D eigenvalue weighted by Crippen LogP contribution is 2.35. The van der Waals surface area contributed by atoms with E-state index in [1.165, 1.54) is 27.8 Å². The van der Waals surface area contributed by atoms with Crippen molar-refractivity contribution in [2.75, 3.05) is 0 Å². The Labute approximate surface area is 133 Å². The first-order valence-corrected chi connectivity index (χ1v) is 7.91. The third-order valence-corrected chi connectivity index (χ3v) is 4.66. The minimum Gasteiger partial charge on any atom is -0.398 e. The van der Waals surface area contributed by atoms with E-state index >= 15 is 0 Å². The molecule has 112 valence electrons. The molecule has 0 radical (unpaired) electrons. The van der Waals surface area contributed by atoms with Gasteiger partial charge in [0.1, 0.15) is 0 Å². The lowest BCUT2D eigenvalue weighted by Crippen LogP contribution is -2.12. The highest BCUT2D eigenvalue weighted by Gasteiger charge is 2.19. The lowest BCUT2D eigenvalue weighted by Gasteiger charge is -2.24. The van der Waals surface area contributed by atoms with Crippen LogP contribution in [0.5, 0.6) is 0 Å². The molecular formula is C21H23N. The summed E-state index contributed by atoms with van der Waals surface area (Å²) in [4.78, 5) is 0. The Bertz CT molecular complexity index is 738. The quantitative estimate of drug-likeness (QED) is 0.752. The minimum absolute atomic E-state index is 0.460. The van der Waals surface area contributed by atoms with Crippen LogP contribution < -0.4 is 5.73 Å². The van der Waals surface area contributed by atoms with Crippen molar-refractivity contribution in [1.82, 2.24) is 0 Å². The first kappa shape index (κ1) is 14.6. The van der Waals surface area contributed by atoms with Crippen molar-refractivity contribution in [3.8, 4) is 11.1 Å². The summed E-state index contributed by atoms with van der Waals surface area (Å²) < 4.78 is 0. The predicted molar refractivity (Wildman–Crippen MR) is 95.4 cm³/mol. The number of hydrogen-bond acceptors (Lipinski definition) is 1. The number of fused-ring (bicyclic) bond motifs is 1. The Morgan fingerprint density at radius 2 is 1.64 bits per heavy atom. The number of hydrogen-bond donors (Lipinski definition) is 1. The smallest absolute Gasteiger partial charge is 0.0393 e. The average molecular weight is 289 g/mol. The van der Waals surface area contributed by atoms with E-state index in [9.17, 15) is 0 Å². The third kappa shape index (κ3) is 2.71. The summed E-state index contributed by atoms with van der Waals surface area (Å²) in [5.41, 5.74) is 13.4. The first-order valence-electron chi connectivity index (χ1n) is 7.91. The summed E-state index contributed by atoms with van der Waals surface area (Å²) in [6, 6.07) is 17.2. The molecule has 0 bridgehead atoms. The standard InChI is InChI=1S/C21H23N/c1-14-11-15(2)16(3)19-10-9-18(13-20(19)21(22)12-14)17-7-5-4-6-8-17/h4-13,15-16H,22H2,1-3H3/b14-11-,21-12-. The Morgan fingerprint density at radius 3 is 2.36 bits per heavy atom. The topological polar surface area (TPSA) is 26.0 Å². The largest absolute Gasteiger partial charge is 0.398 e. The van der Waals surface area contributed by atoms with E-state index in [4.69, 9.17) is 5.73 Å². The molecule has 1 heteroatoms. The third-order valence-electron chi connectivity index (χ3n) is 4.66. The van der Waals surface area contributed by atoms with Crippen molar-refractivity contribution in [2.45, 2.75) is 26.7 Å². The van der Waals surface area contributed by atoms with Crippen LogP contribution in [0.2, 0.25) is 0 Å². The molecule has 3 rings (SSSR count). The lowest BCUT2D eigenvalue weighted by molar-refractivity contribution is 0.586. The van der Waals surface area contributed by atoms with Crippen LogP contribution in [0.1, 0.15) is 37.8 Å². The fourth-order valence-corrected chi connectivity index (χ4v) is 3.23. The summed E-state index contributed by atoms with van der Waals surface area (Å²) in [6.45, 7) is 6.69. The summed E-state index contributed by atoms with van der Waals surface area (Å²) in [5, 5.41) is 0. The molecule has 2 aromatic rings. The van der Waals surface area contributed by atoms with Gasteiger partial charge in [0.15, 0.2) is 0 Å². The fourth-order valence-electron chi connectivity index (χ4n) is 3.23. The Balaban J connectivity index is 2.17. The van der Waals surface area contributed by atoms with Crippen molar-refractivity contribution in [1.29, 1.82) is 0 Å². The molecule has 22 heavy (non-hydrogen) atoms. The van der Waals surface area contributed by atoms with Crippen molar-refractivity contribution in [2.24, 2.45) is 11.7 Å². The van der Waals surface area contributed by atoms with Gasteiger partial charge in [0, 0.05) is 11.3 Å². The van der Waals surface area contributed by atoms with E-state index < -0.39 is 0 Å². The molecule has 0 heterocycles. The maximum atomic E-state index is 6.38. The molecule has 1 nitrogen and oxygen atoms in total. The summed E-state index contributed by atoms with van der Waals surface area (Å²) in [5.74, 6) is 0.965. The van der Waals surface area contributed by atoms with Gasteiger partial charge in [-0.1, -0.05) is 68.0 Å². The molecule has 0 saturated heterocycles. The maximum Gasteiger partial charge on any atom is 0.0393 e. The monoisotopic (exact) mass is 289 g/mol. The van der Waals surface area contributed by atoms with Gasteiger partial charge in [-0.2, -0.15) is 0 Å². The SMILES string of the molecule is CC1=C/C(C)C(C)c2ccc(-c3ccccc3)cc2\C(N)=C\1. The van der Waals surface area contributed by atoms with Crippen molar-refractivity contribution in [3.63, 3.8) is 0 Å². The molecule has 0 spiro atoms. The molecule has 0 aromatic heterocycles. The molecule has 1 aliphatic rings. The van der Waals surface area contributed by atoms with Gasteiger partial charge in [0.25, 0.3) is 0 Å². The molecule has 0 fully saturated rings. The van der Waals surface area contributed by atoms with E-state index in [0.717, 1.165) is 5.70 Å². The zero-order chi connectivity index (χ0) is 15.7. The highest BCUT2D eigenvalue weighted by atomic mass is 14.6. The Hall–Kier alpha value is -2.28. The second-order valence-corrected chi connectivity index (χ2v) is 6.33. The van der Waals surface area contributed by atoms with Gasteiger partial charge < -0.3 is 5.73 Å². The number of allylic oxidation sites excluding steroid dienone is 3. The molecule has 0 saturated carbocycles. The lowest BCUT2D eigenvalue weighted by atomic mass is 9.81. The van der Waals surface area contributed by atoms with Crippen LogP contribution in [0.4, 0.5) is 0 Å². The predicted octanol–water partition coefficient (Wildman–Crippen LogP) is 5.35. The van der Waals surface area contributed by atoms with Gasteiger partial charge in [-0.05, 0) is 47.6 Å². The normalized spacial score (nSPS) is 26.0. The maximum absolute atomic E-state index is 6.38. The van der Waals surface area contributed by atoms with E-state index in [0.29, 0.717) is 11.8 Å². The molecule has 2 aromatic carbocycles. The van der Waals surface area contributed by atoms with Crippen molar-refractivity contribution in [3.05, 3.63) is 77.4 Å². The number of nitrogens with two attached hydrogens (primary N) is 1. The van der Waals surface area contributed by atoms with Crippen LogP contribution >= 0.6 is 0 Å². The molecule has 0 aliphatic heterocycles. The van der Waals surface area contributed by atoms with Crippen LogP contribution in [0.25, 0.3) is 16.8 Å². The molecule has 0 amide bonds. The van der Waals surface area contributed by atoms with E-state index in [1.54, 1.807) is 0 Å². The van der Waals surface area contributed by atoms with Gasteiger partial charge >= 0.3 is 0 Å². The molecular weight excluding hydrogens is 266 g/mol. The molecule has 2 atom stereocenters. The minimum atomic E-state index is 0.460. The number of benzene rings is 2. The van der Waals surface area contributed by atoms with Crippen LogP contribution in [-0.4, -0.2) is 0 Å². The second kappa shape index (κ2) is 5.84. The van der Waals surface area contributed by atoms with Crippen LogP contribution in [0, 0.1) is 5.92 Å². The highest BCUT2D eigenvalue weighted by molar-refractivity contribution is 5.75. The average Bonchev–Trinajstić information content (AvgIpc) is 2.53.